The lowest BCUT2D eigenvalue weighted by molar-refractivity contribution is 0.297. The first-order valence-corrected chi connectivity index (χ1v) is 9.01. The molecule has 0 atom stereocenters. The van der Waals surface area contributed by atoms with Crippen LogP contribution in [0, 0.1) is 0 Å². The fourth-order valence-corrected chi connectivity index (χ4v) is 2.93. The molecule has 4 rings (SSSR count). The normalized spacial score (nSPS) is 14.2. The highest BCUT2D eigenvalue weighted by Crippen LogP contribution is 2.32. The molecule has 8 nitrogen and oxygen atoms in total. The lowest BCUT2D eigenvalue weighted by Gasteiger charge is -2.10. The zero-order chi connectivity index (χ0) is 18.6. The van der Waals surface area contributed by atoms with E-state index in [0.29, 0.717) is 48.6 Å². The van der Waals surface area contributed by atoms with E-state index < -0.39 is 0 Å². The lowest BCUT2D eigenvalue weighted by atomic mass is 10.2. The number of hydrogen-bond donors (Lipinski definition) is 2. The summed E-state index contributed by atoms with van der Waals surface area (Å²) in [5, 5.41) is 7.75. The predicted octanol–water partition coefficient (Wildman–Crippen LogP) is 2.51. The van der Waals surface area contributed by atoms with Crippen LogP contribution in [0.2, 0.25) is 5.02 Å². The number of nitrogens with zero attached hydrogens (tertiary/aromatic N) is 4. The summed E-state index contributed by atoms with van der Waals surface area (Å²) in [6.07, 6.45) is 6.78. The van der Waals surface area contributed by atoms with Crippen LogP contribution in [0.1, 0.15) is 12.0 Å². The molecule has 9 heteroatoms. The highest BCUT2D eigenvalue weighted by molar-refractivity contribution is 6.33. The summed E-state index contributed by atoms with van der Waals surface area (Å²) >= 11 is 5.99. The highest BCUT2D eigenvalue weighted by Gasteiger charge is 2.11. The van der Waals surface area contributed by atoms with Crippen molar-refractivity contribution >= 4 is 28.9 Å². The van der Waals surface area contributed by atoms with E-state index >= 15 is 0 Å². The van der Waals surface area contributed by atoms with Crippen LogP contribution in [0.25, 0.3) is 5.65 Å². The summed E-state index contributed by atoms with van der Waals surface area (Å²) in [6.45, 7) is 1.82. The Morgan fingerprint density at radius 1 is 1.26 bits per heavy atom. The summed E-state index contributed by atoms with van der Waals surface area (Å²) in [7, 11) is 0. The van der Waals surface area contributed by atoms with Crippen molar-refractivity contribution in [2.75, 3.05) is 25.1 Å². The van der Waals surface area contributed by atoms with Gasteiger partial charge in [0.2, 0.25) is 0 Å². The van der Waals surface area contributed by atoms with Crippen molar-refractivity contribution < 1.29 is 9.47 Å². The smallest absolute Gasteiger partial charge is 0.193 e. The van der Waals surface area contributed by atoms with E-state index in [0.717, 1.165) is 23.4 Å². The zero-order valence-corrected chi connectivity index (χ0v) is 15.3. The largest absolute Gasteiger partial charge is 0.490 e. The van der Waals surface area contributed by atoms with Crippen molar-refractivity contribution in [3.05, 3.63) is 47.4 Å². The Hall–Kier alpha value is -3.00. The first-order chi connectivity index (χ1) is 13.2. The molecule has 27 heavy (non-hydrogen) atoms. The van der Waals surface area contributed by atoms with Crippen LogP contribution in [0.3, 0.4) is 0 Å². The molecule has 3 heterocycles. The number of ether oxygens (including phenoxy) is 2. The summed E-state index contributed by atoms with van der Waals surface area (Å²) in [6, 6.07) is 5.61. The third-order valence-corrected chi connectivity index (χ3v) is 4.34. The van der Waals surface area contributed by atoms with Gasteiger partial charge in [0.1, 0.15) is 5.02 Å². The van der Waals surface area contributed by atoms with Crippen molar-refractivity contribution in [3.63, 3.8) is 0 Å². The van der Waals surface area contributed by atoms with Gasteiger partial charge in [0, 0.05) is 37.1 Å². The molecular formula is C18H19ClN6O2. The summed E-state index contributed by atoms with van der Waals surface area (Å²) in [4.78, 5) is 8.66. The Balaban J connectivity index is 1.37. The van der Waals surface area contributed by atoms with Gasteiger partial charge in [-0.15, -0.1) is 0 Å². The van der Waals surface area contributed by atoms with Gasteiger partial charge in [-0.2, -0.15) is 5.10 Å². The number of halogens is 1. The van der Waals surface area contributed by atoms with Crippen molar-refractivity contribution in [1.29, 1.82) is 0 Å². The molecule has 0 bridgehead atoms. The SMILES string of the molecule is NC(=NCCc1cnc2c(Cl)cnn2c1)Nc1ccc2c(c1)OCCCO2. The number of fused-ring (bicyclic) bond motifs is 2. The van der Waals surface area contributed by atoms with Crippen LogP contribution in [-0.2, 0) is 6.42 Å². The summed E-state index contributed by atoms with van der Waals surface area (Å²) in [5.41, 5.74) is 8.42. The second-order valence-corrected chi connectivity index (χ2v) is 6.48. The van der Waals surface area contributed by atoms with Crippen molar-refractivity contribution in [1.82, 2.24) is 14.6 Å². The molecule has 0 fully saturated rings. The van der Waals surface area contributed by atoms with Gasteiger partial charge in [-0.05, 0) is 24.1 Å². The molecule has 0 aliphatic carbocycles. The van der Waals surface area contributed by atoms with Crippen LogP contribution in [0.15, 0.2) is 41.8 Å². The van der Waals surface area contributed by atoms with Gasteiger partial charge in [-0.1, -0.05) is 11.6 Å². The predicted molar refractivity (Wildman–Crippen MR) is 104 cm³/mol. The minimum absolute atomic E-state index is 0.334. The van der Waals surface area contributed by atoms with E-state index in [4.69, 9.17) is 26.8 Å². The quantitative estimate of drug-likeness (QED) is 0.528. The maximum atomic E-state index is 5.99. The number of anilines is 1. The van der Waals surface area contributed by atoms with Gasteiger partial charge in [0.15, 0.2) is 23.1 Å². The molecule has 3 N–H and O–H groups in total. The molecule has 0 amide bonds. The number of hydrogen-bond acceptors (Lipinski definition) is 5. The standard InChI is InChI=1S/C18H19ClN6O2/c19-14-10-23-25-11-12(9-22-17(14)25)4-5-21-18(20)24-13-2-3-15-16(8-13)27-7-1-6-26-15/h2-3,8-11H,1,4-7H2,(H3,20,21,24). The molecule has 3 aromatic rings. The Morgan fingerprint density at radius 3 is 3.00 bits per heavy atom. The number of nitrogens with one attached hydrogen (secondary N) is 1. The van der Waals surface area contributed by atoms with Crippen LogP contribution < -0.4 is 20.5 Å². The number of aromatic nitrogens is 3. The molecule has 2 aromatic heterocycles. The van der Waals surface area contributed by atoms with E-state index in [2.05, 4.69) is 20.4 Å². The van der Waals surface area contributed by atoms with Crippen LogP contribution >= 0.6 is 11.6 Å². The van der Waals surface area contributed by atoms with Crippen LogP contribution in [-0.4, -0.2) is 40.3 Å². The molecule has 0 saturated heterocycles. The van der Waals surface area contributed by atoms with E-state index in [-0.39, 0.29) is 0 Å². The Kier molecular flexibility index (Phi) is 4.97. The number of nitrogens with two attached hydrogens (primary N) is 1. The minimum Gasteiger partial charge on any atom is -0.490 e. The molecule has 0 radical (unpaired) electrons. The van der Waals surface area contributed by atoms with Crippen molar-refractivity contribution in [2.45, 2.75) is 12.8 Å². The van der Waals surface area contributed by atoms with Gasteiger partial charge in [-0.3, -0.25) is 4.99 Å². The third-order valence-electron chi connectivity index (χ3n) is 4.07. The first kappa shape index (κ1) is 17.4. The molecule has 0 saturated carbocycles. The third kappa shape index (κ3) is 4.06. The van der Waals surface area contributed by atoms with E-state index in [1.54, 1.807) is 16.9 Å². The molecular weight excluding hydrogens is 368 g/mol. The lowest BCUT2D eigenvalue weighted by Crippen LogP contribution is -2.23. The average Bonchev–Trinajstić information content (AvgIpc) is 2.88. The Morgan fingerprint density at radius 2 is 2.11 bits per heavy atom. The number of guanidine groups is 1. The topological polar surface area (TPSA) is 99.1 Å². The van der Waals surface area contributed by atoms with Gasteiger partial charge in [0.05, 0.1) is 19.4 Å². The molecule has 1 aliphatic rings. The fourth-order valence-electron chi connectivity index (χ4n) is 2.75. The van der Waals surface area contributed by atoms with E-state index in [9.17, 15) is 0 Å². The van der Waals surface area contributed by atoms with E-state index in [1.165, 1.54) is 0 Å². The van der Waals surface area contributed by atoms with Crippen molar-refractivity contribution in [3.8, 4) is 11.5 Å². The Bertz CT molecular complexity index is 987. The fraction of sp³-hybridized carbons (Fsp3) is 0.278. The second-order valence-electron chi connectivity index (χ2n) is 6.08. The number of rotatable bonds is 4. The number of aliphatic imine (C=N–C) groups is 1. The first-order valence-electron chi connectivity index (χ1n) is 8.63. The van der Waals surface area contributed by atoms with Crippen LogP contribution in [0.4, 0.5) is 5.69 Å². The number of benzene rings is 1. The van der Waals surface area contributed by atoms with E-state index in [1.807, 2.05) is 24.4 Å². The maximum Gasteiger partial charge on any atom is 0.193 e. The van der Waals surface area contributed by atoms with Crippen molar-refractivity contribution in [2.24, 2.45) is 10.7 Å². The van der Waals surface area contributed by atoms with Gasteiger partial charge in [-0.25, -0.2) is 9.50 Å². The average molecular weight is 387 g/mol. The zero-order valence-electron chi connectivity index (χ0n) is 14.6. The molecule has 0 spiro atoms. The molecule has 1 aliphatic heterocycles. The van der Waals surface area contributed by atoms with Crippen LogP contribution in [0.5, 0.6) is 11.5 Å². The van der Waals surface area contributed by atoms with Gasteiger partial charge >= 0.3 is 0 Å². The summed E-state index contributed by atoms with van der Waals surface area (Å²) in [5.74, 6) is 1.79. The summed E-state index contributed by atoms with van der Waals surface area (Å²) < 4.78 is 12.9. The molecule has 1 aromatic carbocycles. The van der Waals surface area contributed by atoms with Gasteiger partial charge < -0.3 is 20.5 Å². The monoisotopic (exact) mass is 386 g/mol. The highest BCUT2D eigenvalue weighted by atomic mass is 35.5. The van der Waals surface area contributed by atoms with Gasteiger partial charge in [0.25, 0.3) is 0 Å². The Labute approximate surface area is 161 Å². The second kappa shape index (κ2) is 7.71. The molecule has 140 valence electrons. The maximum absolute atomic E-state index is 5.99. The minimum atomic E-state index is 0.334. The molecule has 0 unspecified atom stereocenters.